The molecule has 30 heavy (non-hydrogen) atoms. The van der Waals surface area contributed by atoms with E-state index < -0.39 is 0 Å². The minimum Gasteiger partial charge on any atom is -0.491 e. The Bertz CT molecular complexity index is 1120. The molecular weight excluding hydrogens is 460 g/mol. The molecule has 3 aromatic rings. The van der Waals surface area contributed by atoms with Crippen LogP contribution < -0.4 is 10.5 Å². The van der Waals surface area contributed by atoms with Crippen molar-refractivity contribution in [2.75, 3.05) is 25.1 Å². The van der Waals surface area contributed by atoms with E-state index in [1.54, 1.807) is 11.8 Å². The van der Waals surface area contributed by atoms with Crippen LogP contribution in [0.15, 0.2) is 64.0 Å². The molecule has 4 nitrogen and oxygen atoms in total. The number of amides is 1. The fourth-order valence-electron chi connectivity index (χ4n) is 3.53. The second-order valence-electron chi connectivity index (χ2n) is 7.31. The molecule has 0 unspecified atom stereocenters. The van der Waals surface area contributed by atoms with Crippen molar-refractivity contribution < 1.29 is 9.53 Å². The molecule has 0 fully saturated rings. The highest BCUT2D eigenvalue weighted by Gasteiger charge is 2.23. The van der Waals surface area contributed by atoms with E-state index in [-0.39, 0.29) is 5.91 Å². The summed E-state index contributed by atoms with van der Waals surface area (Å²) in [7, 11) is 0. The first-order valence-electron chi connectivity index (χ1n) is 9.71. The molecule has 4 rings (SSSR count). The number of aryl methyl sites for hydroxylation is 1. The van der Waals surface area contributed by atoms with E-state index >= 15 is 0 Å². The highest BCUT2D eigenvalue weighted by Crippen LogP contribution is 2.32. The number of fused-ring (bicyclic) bond motifs is 1. The average Bonchev–Trinajstić information content (AvgIpc) is 2.97. The van der Waals surface area contributed by atoms with Gasteiger partial charge in [0.2, 0.25) is 0 Å². The lowest BCUT2D eigenvalue weighted by atomic mass is 10.00. The number of carbonyl (C=O) groups is 1. The van der Waals surface area contributed by atoms with Gasteiger partial charge in [0.05, 0.1) is 12.1 Å². The molecule has 1 aliphatic heterocycles. The van der Waals surface area contributed by atoms with Crippen LogP contribution >= 0.6 is 27.7 Å². The first-order valence-corrected chi connectivity index (χ1v) is 11.7. The monoisotopic (exact) mass is 482 g/mol. The summed E-state index contributed by atoms with van der Waals surface area (Å²) >= 11 is 5.21. The van der Waals surface area contributed by atoms with E-state index in [1.807, 2.05) is 60.5 Å². The number of nitrogens with two attached hydrogens (primary N) is 1. The Labute approximate surface area is 189 Å². The molecule has 0 aromatic heterocycles. The van der Waals surface area contributed by atoms with Crippen LogP contribution in [-0.4, -0.2) is 30.2 Å². The molecule has 0 atom stereocenters. The molecule has 3 aromatic carbocycles. The second kappa shape index (κ2) is 8.74. The maximum Gasteiger partial charge on any atom is 0.255 e. The van der Waals surface area contributed by atoms with Gasteiger partial charge in [-0.25, -0.2) is 0 Å². The average molecular weight is 483 g/mol. The molecule has 0 spiro atoms. The van der Waals surface area contributed by atoms with Crippen LogP contribution in [0.3, 0.4) is 0 Å². The van der Waals surface area contributed by atoms with Gasteiger partial charge in [-0.3, -0.25) is 4.79 Å². The molecule has 0 radical (unpaired) electrons. The Morgan fingerprint density at radius 3 is 2.60 bits per heavy atom. The Balaban J connectivity index is 1.64. The van der Waals surface area contributed by atoms with Crippen molar-refractivity contribution in [3.05, 3.63) is 75.8 Å². The topological polar surface area (TPSA) is 55.6 Å². The molecule has 6 heteroatoms. The van der Waals surface area contributed by atoms with Gasteiger partial charge in [-0.05, 0) is 82.2 Å². The van der Waals surface area contributed by atoms with Gasteiger partial charge in [-0.1, -0.05) is 18.2 Å². The largest absolute Gasteiger partial charge is 0.491 e. The van der Waals surface area contributed by atoms with E-state index in [4.69, 9.17) is 10.5 Å². The van der Waals surface area contributed by atoms with Gasteiger partial charge < -0.3 is 15.4 Å². The Hall–Kier alpha value is -2.44. The van der Waals surface area contributed by atoms with E-state index in [0.717, 1.165) is 43.1 Å². The smallest absolute Gasteiger partial charge is 0.255 e. The Morgan fingerprint density at radius 2 is 1.87 bits per heavy atom. The van der Waals surface area contributed by atoms with Crippen molar-refractivity contribution in [1.82, 2.24) is 4.90 Å². The standard InChI is InChI=1S/C24H23BrN2O2S/c1-15-3-4-17(12-22(15)26)16-5-8-23-18(11-16)14-27(9-10-29-23)24(28)20-7-6-19(30-2)13-21(20)25/h3-8,11-13H,9-10,14,26H2,1-2H3. The number of nitrogen functional groups attached to an aromatic ring is 1. The summed E-state index contributed by atoms with van der Waals surface area (Å²) in [5, 5.41) is 0. The van der Waals surface area contributed by atoms with Crippen LogP contribution in [0.5, 0.6) is 5.75 Å². The summed E-state index contributed by atoms with van der Waals surface area (Å²) < 4.78 is 6.75. The zero-order valence-corrected chi connectivity index (χ0v) is 19.3. The van der Waals surface area contributed by atoms with Gasteiger partial charge >= 0.3 is 0 Å². The fourth-order valence-corrected chi connectivity index (χ4v) is 4.67. The Kier molecular flexibility index (Phi) is 6.06. The lowest BCUT2D eigenvalue weighted by Gasteiger charge is -2.21. The van der Waals surface area contributed by atoms with E-state index in [9.17, 15) is 4.79 Å². The van der Waals surface area contributed by atoms with E-state index in [1.165, 1.54) is 0 Å². The highest BCUT2D eigenvalue weighted by atomic mass is 79.9. The number of carbonyl (C=O) groups excluding carboxylic acids is 1. The molecule has 154 valence electrons. The van der Waals surface area contributed by atoms with Crippen LogP contribution in [0.4, 0.5) is 5.69 Å². The third-order valence-electron chi connectivity index (χ3n) is 5.35. The van der Waals surface area contributed by atoms with Crippen LogP contribution in [0, 0.1) is 6.92 Å². The lowest BCUT2D eigenvalue weighted by molar-refractivity contribution is 0.0732. The van der Waals surface area contributed by atoms with Gasteiger partial charge in [0, 0.05) is 27.2 Å². The number of benzene rings is 3. The van der Waals surface area contributed by atoms with Crippen LogP contribution in [-0.2, 0) is 6.54 Å². The summed E-state index contributed by atoms with van der Waals surface area (Å²) in [6.07, 6.45) is 2.02. The molecule has 0 bridgehead atoms. The Morgan fingerprint density at radius 1 is 1.10 bits per heavy atom. The van der Waals surface area contributed by atoms with Gasteiger partial charge in [0.1, 0.15) is 12.4 Å². The predicted octanol–water partition coefficient (Wildman–Crippen LogP) is 5.76. The second-order valence-corrected chi connectivity index (χ2v) is 9.05. The summed E-state index contributed by atoms with van der Waals surface area (Å²) in [4.78, 5) is 16.2. The molecule has 1 amide bonds. The zero-order valence-electron chi connectivity index (χ0n) is 16.9. The quantitative estimate of drug-likeness (QED) is 0.380. The molecule has 0 aliphatic carbocycles. The minimum atomic E-state index is -0.00374. The van der Waals surface area contributed by atoms with Crippen LogP contribution in [0.1, 0.15) is 21.5 Å². The van der Waals surface area contributed by atoms with E-state index in [2.05, 4.69) is 28.1 Å². The van der Waals surface area contributed by atoms with Crippen molar-refractivity contribution in [3.8, 4) is 16.9 Å². The third-order valence-corrected chi connectivity index (χ3v) is 6.73. The number of nitrogens with zero attached hydrogens (tertiary/aromatic N) is 1. The van der Waals surface area contributed by atoms with Crippen molar-refractivity contribution >= 4 is 39.3 Å². The first-order chi connectivity index (χ1) is 14.5. The summed E-state index contributed by atoms with van der Waals surface area (Å²) in [5.74, 6) is 0.821. The summed E-state index contributed by atoms with van der Waals surface area (Å²) in [6, 6.07) is 18.0. The van der Waals surface area contributed by atoms with Crippen molar-refractivity contribution in [2.45, 2.75) is 18.4 Å². The van der Waals surface area contributed by atoms with Crippen LogP contribution in [0.2, 0.25) is 0 Å². The third kappa shape index (κ3) is 4.20. The van der Waals surface area contributed by atoms with Gasteiger partial charge in [-0.2, -0.15) is 0 Å². The number of rotatable bonds is 3. The number of hydrogen-bond acceptors (Lipinski definition) is 4. The van der Waals surface area contributed by atoms with Crippen LogP contribution in [0.25, 0.3) is 11.1 Å². The molecular formula is C24H23BrN2O2S. The maximum atomic E-state index is 13.2. The van der Waals surface area contributed by atoms with Crippen molar-refractivity contribution in [1.29, 1.82) is 0 Å². The lowest BCUT2D eigenvalue weighted by Crippen LogP contribution is -2.32. The molecule has 2 N–H and O–H groups in total. The van der Waals surface area contributed by atoms with E-state index in [0.29, 0.717) is 25.3 Å². The number of ether oxygens (including phenoxy) is 1. The number of anilines is 1. The molecule has 0 saturated heterocycles. The number of hydrogen-bond donors (Lipinski definition) is 1. The number of thioether (sulfide) groups is 1. The van der Waals surface area contributed by atoms with Crippen molar-refractivity contribution in [3.63, 3.8) is 0 Å². The fraction of sp³-hybridized carbons (Fsp3) is 0.208. The normalized spacial score (nSPS) is 13.4. The molecule has 1 aliphatic rings. The minimum absolute atomic E-state index is 0.00374. The van der Waals surface area contributed by atoms with Gasteiger partial charge in [-0.15, -0.1) is 11.8 Å². The first kappa shape index (κ1) is 20.8. The predicted molar refractivity (Wildman–Crippen MR) is 127 cm³/mol. The highest BCUT2D eigenvalue weighted by molar-refractivity contribution is 9.10. The molecule has 1 heterocycles. The molecule has 0 saturated carbocycles. The summed E-state index contributed by atoms with van der Waals surface area (Å²) in [5.41, 5.74) is 11.7. The SMILES string of the molecule is CSc1ccc(C(=O)N2CCOc3ccc(-c4ccc(C)c(N)c4)cc3C2)c(Br)c1. The van der Waals surface area contributed by atoms with Gasteiger partial charge in [0.15, 0.2) is 0 Å². The summed E-state index contributed by atoms with van der Waals surface area (Å²) in [6.45, 7) is 3.50. The zero-order chi connectivity index (χ0) is 21.3. The van der Waals surface area contributed by atoms with Crippen molar-refractivity contribution in [2.24, 2.45) is 0 Å². The maximum absolute atomic E-state index is 13.2. The number of halogens is 1. The van der Waals surface area contributed by atoms with Gasteiger partial charge in [0.25, 0.3) is 5.91 Å².